The van der Waals surface area contributed by atoms with Crippen molar-refractivity contribution in [1.82, 2.24) is 4.90 Å². The van der Waals surface area contributed by atoms with E-state index >= 15 is 0 Å². The van der Waals surface area contributed by atoms with Crippen LogP contribution in [0.25, 0.3) is 0 Å². The number of aromatic carboxylic acids is 1. The largest absolute Gasteiger partial charge is 0.478 e. The molecule has 0 amide bonds. The van der Waals surface area contributed by atoms with Crippen LogP contribution in [-0.4, -0.2) is 54.5 Å². The zero-order chi connectivity index (χ0) is 27.0. The molecule has 0 aliphatic heterocycles. The number of carbonyl (C=O) groups is 2. The summed E-state index contributed by atoms with van der Waals surface area (Å²) in [5.41, 5.74) is -0.0227. The normalized spacial score (nSPS) is 11.0. The maximum Gasteiger partial charge on any atom is 0.338 e. The van der Waals surface area contributed by atoms with E-state index in [4.69, 9.17) is 14.4 Å². The zero-order valence-electron chi connectivity index (χ0n) is 21.5. The lowest BCUT2D eigenvalue weighted by Crippen LogP contribution is -2.27. The fourth-order valence-electron chi connectivity index (χ4n) is 3.28. The van der Waals surface area contributed by atoms with Gasteiger partial charge in [0, 0.05) is 0 Å². The number of carboxylic acids is 1. The Labute approximate surface area is 215 Å². The van der Waals surface area contributed by atoms with Gasteiger partial charge in [0.15, 0.2) is 0 Å². The summed E-state index contributed by atoms with van der Waals surface area (Å²) in [7, 11) is -4.65. The lowest BCUT2D eigenvalue weighted by atomic mass is 10.1. The summed E-state index contributed by atoms with van der Waals surface area (Å²) in [5.74, 6) is -2.34. The van der Waals surface area contributed by atoms with Crippen molar-refractivity contribution in [3.8, 4) is 0 Å². The van der Waals surface area contributed by atoms with Crippen LogP contribution in [0.3, 0.4) is 0 Å². The van der Waals surface area contributed by atoms with E-state index in [2.05, 4.69) is 25.7 Å². The molecule has 200 valence electrons. The fraction of sp³-hybridized carbons (Fsp3) is 0.481. The van der Waals surface area contributed by atoms with E-state index in [0.717, 1.165) is 18.2 Å². The van der Waals surface area contributed by atoms with E-state index in [-0.39, 0.29) is 12.2 Å². The van der Waals surface area contributed by atoms with Crippen LogP contribution in [0.5, 0.6) is 0 Å². The molecular weight excluding hydrogens is 482 g/mol. The molecule has 0 bridgehead atoms. The molecule has 2 N–H and O–H groups in total. The van der Waals surface area contributed by atoms with Crippen molar-refractivity contribution >= 4 is 22.1 Å². The number of carboxylic acid groups (broad SMARTS) is 1. The molecule has 0 aliphatic rings. The number of ether oxygens (including phenoxy) is 1. The minimum absolute atomic E-state index is 0.0574. The van der Waals surface area contributed by atoms with E-state index in [1.807, 2.05) is 0 Å². The Bertz CT molecular complexity index is 1020. The van der Waals surface area contributed by atoms with Gasteiger partial charge in [0.25, 0.3) is 10.1 Å². The van der Waals surface area contributed by atoms with Crippen molar-refractivity contribution in [3.05, 3.63) is 65.2 Å². The number of carbonyl (C=O) groups excluding carboxylic acids is 1. The molecule has 0 heterocycles. The number of unbranched alkanes of at least 4 members (excludes halogenated alkanes) is 3. The molecule has 36 heavy (non-hydrogen) atoms. The third-order valence-corrected chi connectivity index (χ3v) is 6.21. The molecule has 0 fully saturated rings. The van der Waals surface area contributed by atoms with Gasteiger partial charge in [-0.1, -0.05) is 70.4 Å². The quantitative estimate of drug-likeness (QED) is 0.241. The van der Waals surface area contributed by atoms with Crippen molar-refractivity contribution in [2.75, 3.05) is 19.6 Å². The Balaban J connectivity index is 0.000000426. The van der Waals surface area contributed by atoms with Crippen LogP contribution in [0.15, 0.2) is 53.4 Å². The molecule has 0 saturated heterocycles. The molecule has 0 spiro atoms. The van der Waals surface area contributed by atoms with Crippen LogP contribution < -0.4 is 0 Å². The number of hydrogen-bond acceptors (Lipinski definition) is 6. The number of nitrogens with zero attached hydrogens (tertiary/aromatic N) is 1. The van der Waals surface area contributed by atoms with Gasteiger partial charge in [0.1, 0.15) is 6.61 Å². The first-order chi connectivity index (χ1) is 17.1. The van der Waals surface area contributed by atoms with E-state index in [1.54, 1.807) is 30.3 Å². The predicted molar refractivity (Wildman–Crippen MR) is 140 cm³/mol. The Kier molecular flexibility index (Phi) is 14.6. The van der Waals surface area contributed by atoms with Gasteiger partial charge in [0.2, 0.25) is 0 Å². The maximum absolute atomic E-state index is 12.0. The Morgan fingerprint density at radius 1 is 0.833 bits per heavy atom. The Hall–Kier alpha value is -2.75. The molecular formula is C27H39NO7S. The second-order valence-electron chi connectivity index (χ2n) is 8.49. The van der Waals surface area contributed by atoms with Crippen molar-refractivity contribution < 1.29 is 32.4 Å². The molecule has 2 aromatic carbocycles. The van der Waals surface area contributed by atoms with Gasteiger partial charge in [-0.15, -0.1) is 0 Å². The fourth-order valence-corrected chi connectivity index (χ4v) is 3.83. The van der Waals surface area contributed by atoms with Crippen molar-refractivity contribution in [2.45, 2.75) is 70.8 Å². The Morgan fingerprint density at radius 3 is 1.78 bits per heavy atom. The first-order valence-electron chi connectivity index (χ1n) is 12.4. The molecule has 0 aromatic heterocycles. The van der Waals surface area contributed by atoms with Crippen LogP contribution >= 0.6 is 0 Å². The third kappa shape index (κ3) is 12.3. The molecule has 9 heteroatoms. The number of hydrogen-bond donors (Lipinski definition) is 2. The molecule has 2 aromatic rings. The summed E-state index contributed by atoms with van der Waals surface area (Å²) in [6.45, 7) is 10.7. The van der Waals surface area contributed by atoms with Gasteiger partial charge < -0.3 is 14.7 Å². The summed E-state index contributed by atoms with van der Waals surface area (Å²) >= 11 is 0. The summed E-state index contributed by atoms with van der Waals surface area (Å²) in [6.07, 6.45) is 8.09. The highest BCUT2D eigenvalue weighted by atomic mass is 32.2. The number of rotatable bonds is 14. The van der Waals surface area contributed by atoms with E-state index < -0.39 is 32.5 Å². The van der Waals surface area contributed by atoms with Gasteiger partial charge in [-0.3, -0.25) is 4.55 Å². The molecule has 0 saturated carbocycles. The summed E-state index contributed by atoms with van der Waals surface area (Å²) < 4.78 is 36.4. The second-order valence-corrected chi connectivity index (χ2v) is 9.91. The highest BCUT2D eigenvalue weighted by Gasteiger charge is 2.19. The topological polar surface area (TPSA) is 121 Å². The molecule has 0 aliphatic carbocycles. The SMILES string of the molecule is CCCCN(CCCC)CCCC.O=C(O)c1cc(C(=O)OCc2ccccc2)cc(S(=O)(=O)O)c1. The predicted octanol–water partition coefficient (Wildman–Crippen LogP) is 5.68. The molecule has 2 rings (SSSR count). The molecule has 8 nitrogen and oxygen atoms in total. The smallest absolute Gasteiger partial charge is 0.338 e. The van der Waals surface area contributed by atoms with Gasteiger partial charge in [-0.2, -0.15) is 8.42 Å². The highest BCUT2D eigenvalue weighted by molar-refractivity contribution is 7.85. The molecule has 0 unspecified atom stereocenters. The zero-order valence-corrected chi connectivity index (χ0v) is 22.3. The number of benzene rings is 2. The second kappa shape index (κ2) is 16.8. The minimum atomic E-state index is -4.65. The third-order valence-electron chi connectivity index (χ3n) is 5.38. The van der Waals surface area contributed by atoms with E-state index in [0.29, 0.717) is 5.56 Å². The van der Waals surface area contributed by atoms with E-state index in [9.17, 15) is 18.0 Å². The lowest BCUT2D eigenvalue weighted by Gasteiger charge is -2.21. The summed E-state index contributed by atoms with van der Waals surface area (Å²) in [6, 6.07) is 11.3. The van der Waals surface area contributed by atoms with Crippen LogP contribution in [0.4, 0.5) is 0 Å². The van der Waals surface area contributed by atoms with Gasteiger partial charge in [-0.05, 0) is 62.7 Å². The monoisotopic (exact) mass is 521 g/mol. The first-order valence-corrected chi connectivity index (χ1v) is 13.9. The average molecular weight is 522 g/mol. The first kappa shape index (κ1) is 31.3. The highest BCUT2D eigenvalue weighted by Crippen LogP contribution is 2.17. The van der Waals surface area contributed by atoms with Crippen molar-refractivity contribution in [1.29, 1.82) is 0 Å². The maximum atomic E-state index is 12.0. The standard InChI is InChI=1S/C15H12O7S.C12H27N/c16-14(17)11-6-12(8-13(7-11)23(19,20)21)15(18)22-9-10-4-2-1-3-5-10;1-4-7-10-13(11-8-5-2)12-9-6-3/h1-8H,9H2,(H,16,17)(H,19,20,21);4-12H2,1-3H3. The van der Waals surface area contributed by atoms with Crippen molar-refractivity contribution in [3.63, 3.8) is 0 Å². The van der Waals surface area contributed by atoms with E-state index in [1.165, 1.54) is 58.2 Å². The van der Waals surface area contributed by atoms with Crippen LogP contribution in [0, 0.1) is 0 Å². The van der Waals surface area contributed by atoms with Gasteiger partial charge in [0.05, 0.1) is 16.0 Å². The van der Waals surface area contributed by atoms with Gasteiger partial charge in [-0.25, -0.2) is 9.59 Å². The van der Waals surface area contributed by atoms with Crippen molar-refractivity contribution in [2.24, 2.45) is 0 Å². The molecule has 0 atom stereocenters. The summed E-state index contributed by atoms with van der Waals surface area (Å²) in [4.78, 5) is 24.9. The van der Waals surface area contributed by atoms with Crippen LogP contribution in [0.1, 0.15) is 85.6 Å². The van der Waals surface area contributed by atoms with Gasteiger partial charge >= 0.3 is 11.9 Å². The lowest BCUT2D eigenvalue weighted by molar-refractivity contribution is 0.0472. The summed E-state index contributed by atoms with van der Waals surface area (Å²) in [5, 5.41) is 8.96. The average Bonchev–Trinajstić information content (AvgIpc) is 2.87. The number of esters is 1. The van der Waals surface area contributed by atoms with Crippen LogP contribution in [0.2, 0.25) is 0 Å². The minimum Gasteiger partial charge on any atom is -0.478 e. The molecule has 0 radical (unpaired) electrons. The Morgan fingerprint density at radius 2 is 1.33 bits per heavy atom. The van der Waals surface area contributed by atoms with Crippen LogP contribution in [-0.2, 0) is 21.5 Å².